The molecule has 2 aliphatic rings. The summed E-state index contributed by atoms with van der Waals surface area (Å²) in [6.07, 6.45) is 0.409. The van der Waals surface area contributed by atoms with Crippen LogP contribution in [0.15, 0.2) is 0 Å². The lowest BCUT2D eigenvalue weighted by Gasteiger charge is -2.15. The minimum Gasteiger partial charge on any atom is -0.335 e. The highest BCUT2D eigenvalue weighted by Gasteiger charge is 2.65. The van der Waals surface area contributed by atoms with Crippen molar-refractivity contribution in [3.63, 3.8) is 0 Å². The van der Waals surface area contributed by atoms with Gasteiger partial charge in [0.15, 0.2) is 0 Å². The van der Waals surface area contributed by atoms with Crippen molar-refractivity contribution in [3.05, 3.63) is 0 Å². The summed E-state index contributed by atoms with van der Waals surface area (Å²) in [7, 11) is 0. The van der Waals surface area contributed by atoms with Crippen LogP contribution in [0.3, 0.4) is 0 Å². The summed E-state index contributed by atoms with van der Waals surface area (Å²) in [5, 5.41) is 0. The molecule has 1 saturated carbocycles. The molecule has 0 unspecified atom stereocenters. The molecule has 1 amide bonds. The maximum absolute atomic E-state index is 11.5. The minimum atomic E-state index is -0.270. The Morgan fingerprint density at radius 3 is 2.07 bits per heavy atom. The quantitative estimate of drug-likeness (QED) is 0.646. The van der Waals surface area contributed by atoms with Gasteiger partial charge in [-0.25, -0.2) is 0 Å². The predicted octanol–water partition coefficient (Wildman–Crippen LogP) is 1.47. The smallest absolute Gasteiger partial charge is 0.290 e. The third-order valence-electron chi connectivity index (χ3n) is 4.86. The molecule has 0 aromatic heterocycles. The lowest BCUT2D eigenvalue weighted by atomic mass is 10.0. The van der Waals surface area contributed by atoms with Gasteiger partial charge in [-0.3, -0.25) is 9.59 Å². The van der Waals surface area contributed by atoms with Crippen molar-refractivity contribution >= 4 is 11.7 Å². The summed E-state index contributed by atoms with van der Waals surface area (Å²) in [4.78, 5) is 24.3. The Hall–Kier alpha value is -0.860. The van der Waals surface area contributed by atoms with E-state index in [0.29, 0.717) is 29.7 Å². The van der Waals surface area contributed by atoms with Gasteiger partial charge in [-0.1, -0.05) is 27.7 Å². The Morgan fingerprint density at radius 1 is 1.20 bits per heavy atom. The third kappa shape index (κ3) is 1.32. The van der Waals surface area contributed by atoms with Crippen molar-refractivity contribution in [3.8, 4) is 0 Å². The Labute approximate surface area is 90.8 Å². The van der Waals surface area contributed by atoms with Crippen molar-refractivity contribution in [2.24, 2.45) is 16.7 Å². The zero-order chi connectivity index (χ0) is 11.4. The fraction of sp³-hybridized carbons (Fsp3) is 0.833. The molecule has 3 nitrogen and oxygen atoms in total. The molecule has 3 heteroatoms. The fourth-order valence-electron chi connectivity index (χ4n) is 2.81. The van der Waals surface area contributed by atoms with E-state index >= 15 is 0 Å². The maximum Gasteiger partial charge on any atom is 0.290 e. The highest BCUT2D eigenvalue weighted by atomic mass is 16.2. The topological polar surface area (TPSA) is 37.4 Å². The Morgan fingerprint density at radius 2 is 1.73 bits per heavy atom. The second kappa shape index (κ2) is 2.83. The van der Waals surface area contributed by atoms with E-state index in [2.05, 4.69) is 27.7 Å². The van der Waals surface area contributed by atoms with Crippen LogP contribution in [0.2, 0.25) is 0 Å². The normalized spacial score (nSPS) is 28.7. The van der Waals surface area contributed by atoms with E-state index < -0.39 is 0 Å². The molecule has 0 aromatic rings. The molecule has 1 aliphatic heterocycles. The number of rotatable bonds is 2. The van der Waals surface area contributed by atoms with E-state index in [1.54, 1.807) is 4.90 Å². The standard InChI is InChI=1S/C12H19NO2/c1-11(2)9(12(11,3)4)7-13-6-5-8(14)10(13)15/h9H,5-7H2,1-4H3. The maximum atomic E-state index is 11.5. The van der Waals surface area contributed by atoms with Gasteiger partial charge in [0.25, 0.3) is 5.91 Å². The second-order valence-electron chi connectivity index (χ2n) is 5.92. The number of amides is 1. The molecular formula is C12H19NO2. The van der Waals surface area contributed by atoms with E-state index in [1.165, 1.54) is 0 Å². The number of nitrogens with zero attached hydrogens (tertiary/aromatic N) is 1. The first kappa shape index (κ1) is 10.7. The molecule has 0 aromatic carbocycles. The van der Waals surface area contributed by atoms with Crippen molar-refractivity contribution in [1.82, 2.24) is 4.90 Å². The highest BCUT2D eigenvalue weighted by Crippen LogP contribution is 2.68. The van der Waals surface area contributed by atoms with Crippen LogP contribution in [0.1, 0.15) is 34.1 Å². The first-order chi connectivity index (χ1) is 6.78. The lowest BCUT2D eigenvalue weighted by Crippen LogP contribution is -2.30. The molecule has 0 atom stereocenters. The molecular weight excluding hydrogens is 190 g/mol. The van der Waals surface area contributed by atoms with Crippen molar-refractivity contribution < 1.29 is 9.59 Å². The fourth-order valence-corrected chi connectivity index (χ4v) is 2.81. The predicted molar refractivity (Wildman–Crippen MR) is 57.3 cm³/mol. The molecule has 2 fully saturated rings. The average Bonchev–Trinajstić information content (AvgIpc) is 2.43. The molecule has 1 aliphatic carbocycles. The first-order valence-electron chi connectivity index (χ1n) is 5.60. The number of ketones is 1. The van der Waals surface area contributed by atoms with E-state index in [-0.39, 0.29) is 11.7 Å². The highest BCUT2D eigenvalue weighted by molar-refractivity contribution is 6.37. The van der Waals surface area contributed by atoms with Crippen LogP contribution in [0.4, 0.5) is 0 Å². The molecule has 0 spiro atoms. The summed E-state index contributed by atoms with van der Waals surface area (Å²) in [5.74, 6) is 0.0413. The number of carbonyl (C=O) groups is 2. The summed E-state index contributed by atoms with van der Waals surface area (Å²) in [6.45, 7) is 10.3. The Kier molecular flexibility index (Phi) is 2.01. The molecule has 0 N–H and O–H groups in total. The number of carbonyl (C=O) groups excluding carboxylic acids is 2. The van der Waals surface area contributed by atoms with E-state index in [0.717, 1.165) is 6.54 Å². The van der Waals surface area contributed by atoms with Crippen molar-refractivity contribution in [1.29, 1.82) is 0 Å². The summed E-state index contributed by atoms with van der Waals surface area (Å²) in [6, 6.07) is 0. The average molecular weight is 209 g/mol. The van der Waals surface area contributed by atoms with Gasteiger partial charge in [-0.15, -0.1) is 0 Å². The van der Waals surface area contributed by atoms with Gasteiger partial charge >= 0.3 is 0 Å². The molecule has 84 valence electrons. The Balaban J connectivity index is 2.01. The molecule has 1 saturated heterocycles. The van der Waals surface area contributed by atoms with Gasteiger partial charge in [-0.2, -0.15) is 0 Å². The zero-order valence-electron chi connectivity index (χ0n) is 9.96. The molecule has 2 rings (SSSR count). The van der Waals surface area contributed by atoms with E-state index in [9.17, 15) is 9.59 Å². The number of Topliss-reactive ketones (excluding diaryl/α,β-unsaturated/α-hetero) is 1. The summed E-state index contributed by atoms with van der Waals surface area (Å²) < 4.78 is 0. The van der Waals surface area contributed by atoms with Gasteiger partial charge in [-0.05, 0) is 16.7 Å². The van der Waals surface area contributed by atoms with Crippen LogP contribution >= 0.6 is 0 Å². The number of likely N-dealkylation sites (tertiary alicyclic amines) is 1. The summed E-state index contributed by atoms with van der Waals surface area (Å²) >= 11 is 0. The SMILES string of the molecule is CC1(C)C(CN2CCC(=O)C2=O)C1(C)C. The minimum absolute atomic E-state index is 0.216. The van der Waals surface area contributed by atoms with Crippen LogP contribution in [-0.4, -0.2) is 29.7 Å². The van der Waals surface area contributed by atoms with Gasteiger partial charge in [0, 0.05) is 19.5 Å². The molecule has 0 bridgehead atoms. The first-order valence-corrected chi connectivity index (χ1v) is 5.60. The van der Waals surface area contributed by atoms with Crippen molar-refractivity contribution in [2.45, 2.75) is 34.1 Å². The van der Waals surface area contributed by atoms with E-state index in [4.69, 9.17) is 0 Å². The van der Waals surface area contributed by atoms with Crippen LogP contribution in [0.5, 0.6) is 0 Å². The van der Waals surface area contributed by atoms with E-state index in [1.807, 2.05) is 0 Å². The second-order valence-corrected chi connectivity index (χ2v) is 5.92. The van der Waals surface area contributed by atoms with Crippen LogP contribution in [0.25, 0.3) is 0 Å². The third-order valence-corrected chi connectivity index (χ3v) is 4.86. The van der Waals surface area contributed by atoms with Gasteiger partial charge in [0.05, 0.1) is 0 Å². The van der Waals surface area contributed by atoms with Crippen LogP contribution < -0.4 is 0 Å². The number of hydrogen-bond donors (Lipinski definition) is 0. The van der Waals surface area contributed by atoms with Crippen molar-refractivity contribution in [2.75, 3.05) is 13.1 Å². The van der Waals surface area contributed by atoms with Gasteiger partial charge in [0.2, 0.25) is 5.78 Å². The zero-order valence-corrected chi connectivity index (χ0v) is 9.96. The number of hydrogen-bond acceptors (Lipinski definition) is 2. The van der Waals surface area contributed by atoms with Gasteiger partial charge < -0.3 is 4.90 Å². The summed E-state index contributed by atoms with van der Waals surface area (Å²) in [5.41, 5.74) is 0.581. The van der Waals surface area contributed by atoms with Gasteiger partial charge in [0.1, 0.15) is 0 Å². The molecule has 15 heavy (non-hydrogen) atoms. The largest absolute Gasteiger partial charge is 0.335 e. The van der Waals surface area contributed by atoms with Crippen LogP contribution in [0, 0.1) is 16.7 Å². The monoisotopic (exact) mass is 209 g/mol. The molecule has 0 radical (unpaired) electrons. The van der Waals surface area contributed by atoms with Crippen LogP contribution in [-0.2, 0) is 9.59 Å². The lowest BCUT2D eigenvalue weighted by molar-refractivity contribution is -0.140. The molecule has 1 heterocycles. The Bertz CT molecular complexity index is 317.